The molecule has 0 unspecified atom stereocenters. The second kappa shape index (κ2) is 4.16. The summed E-state index contributed by atoms with van der Waals surface area (Å²) in [7, 11) is 0. The molecule has 4 heteroatoms. The molecule has 0 N–H and O–H groups in total. The molecule has 1 heterocycles. The van der Waals surface area contributed by atoms with Crippen LogP contribution < -0.4 is 9.47 Å². The van der Waals surface area contributed by atoms with Crippen molar-refractivity contribution in [3.8, 4) is 11.5 Å². The van der Waals surface area contributed by atoms with Gasteiger partial charge in [0.2, 0.25) is 0 Å². The minimum atomic E-state index is -0.262. The molecule has 0 spiro atoms. The molecule has 1 aromatic carbocycles. The Kier molecular flexibility index (Phi) is 2.90. The monoisotopic (exact) mass is 306 g/mol. The molecule has 0 bridgehead atoms. The third-order valence-electron chi connectivity index (χ3n) is 1.91. The lowest BCUT2D eigenvalue weighted by Gasteiger charge is -2.18. The van der Waals surface area contributed by atoms with Crippen LogP contribution in [0.15, 0.2) is 22.3 Å². The Bertz CT molecular complexity index is 376. The van der Waals surface area contributed by atoms with Gasteiger partial charge < -0.3 is 9.47 Å². The van der Waals surface area contributed by atoms with Crippen LogP contribution in [0, 0.1) is 0 Å². The van der Waals surface area contributed by atoms with E-state index >= 15 is 0 Å². The van der Waals surface area contributed by atoms with Crippen molar-refractivity contribution in [3.63, 3.8) is 0 Å². The molecule has 0 fully saturated rings. The van der Waals surface area contributed by atoms with Crippen LogP contribution in [0.2, 0.25) is 0 Å². The first-order chi connectivity index (χ1) is 6.81. The van der Waals surface area contributed by atoms with Crippen LogP contribution in [0.25, 0.3) is 5.83 Å². The Balaban J connectivity index is 2.38. The van der Waals surface area contributed by atoms with Gasteiger partial charge in [0.05, 0.1) is 0 Å². The van der Waals surface area contributed by atoms with Gasteiger partial charge in [-0.3, -0.25) is 0 Å². The van der Waals surface area contributed by atoms with Gasteiger partial charge in [0.25, 0.3) is 0 Å². The van der Waals surface area contributed by atoms with Crippen LogP contribution in [0.4, 0.5) is 4.39 Å². The lowest BCUT2D eigenvalue weighted by molar-refractivity contribution is 0.171. The van der Waals surface area contributed by atoms with Crippen LogP contribution in [0.1, 0.15) is 5.56 Å². The van der Waals surface area contributed by atoms with E-state index in [4.69, 9.17) is 9.47 Å². The highest BCUT2D eigenvalue weighted by molar-refractivity contribution is 14.1. The zero-order valence-electron chi connectivity index (χ0n) is 7.30. The first-order valence-electron chi connectivity index (χ1n) is 4.17. The molecule has 1 aromatic rings. The van der Waals surface area contributed by atoms with E-state index in [2.05, 4.69) is 0 Å². The first-order valence-corrected chi connectivity index (χ1v) is 5.42. The molecule has 0 saturated carbocycles. The average Bonchev–Trinajstić information content (AvgIpc) is 2.27. The summed E-state index contributed by atoms with van der Waals surface area (Å²) in [5, 5.41) is 0. The summed E-state index contributed by atoms with van der Waals surface area (Å²) in [5.74, 6) is 1.03. The smallest absolute Gasteiger partial charge is 0.162 e. The molecule has 0 amide bonds. The van der Waals surface area contributed by atoms with E-state index in [1.54, 1.807) is 18.2 Å². The van der Waals surface area contributed by atoms with E-state index in [0.717, 1.165) is 0 Å². The second-order valence-corrected chi connectivity index (χ2v) is 3.44. The van der Waals surface area contributed by atoms with E-state index in [-0.39, 0.29) is 5.83 Å². The summed E-state index contributed by atoms with van der Waals surface area (Å²) in [5.41, 5.74) is 0.517. The van der Waals surface area contributed by atoms with Gasteiger partial charge in [-0.15, -0.1) is 0 Å². The molecule has 0 aliphatic carbocycles. The number of hydrogen-bond donors (Lipinski definition) is 0. The summed E-state index contributed by atoms with van der Waals surface area (Å²) in [6.07, 6.45) is 0. The Morgan fingerprint density at radius 1 is 1.29 bits per heavy atom. The molecule has 0 saturated heterocycles. The predicted molar refractivity (Wildman–Crippen MR) is 60.5 cm³/mol. The van der Waals surface area contributed by atoms with E-state index in [1.165, 1.54) is 4.08 Å². The van der Waals surface area contributed by atoms with Crippen molar-refractivity contribution in [1.29, 1.82) is 0 Å². The minimum absolute atomic E-state index is 0.262. The van der Waals surface area contributed by atoms with Gasteiger partial charge in [-0.25, -0.2) is 4.39 Å². The van der Waals surface area contributed by atoms with Crippen LogP contribution >= 0.6 is 22.6 Å². The van der Waals surface area contributed by atoms with Crippen molar-refractivity contribution in [2.75, 3.05) is 13.2 Å². The van der Waals surface area contributed by atoms with E-state index in [0.29, 0.717) is 30.3 Å². The summed E-state index contributed by atoms with van der Waals surface area (Å²) < 4.78 is 25.2. The van der Waals surface area contributed by atoms with Crippen molar-refractivity contribution in [2.45, 2.75) is 0 Å². The van der Waals surface area contributed by atoms with Crippen molar-refractivity contribution in [3.05, 3.63) is 27.8 Å². The third-order valence-corrected chi connectivity index (χ3v) is 2.46. The Morgan fingerprint density at radius 2 is 2.00 bits per heavy atom. The second-order valence-electron chi connectivity index (χ2n) is 2.82. The Hall–Kier alpha value is -0.780. The van der Waals surface area contributed by atoms with Gasteiger partial charge >= 0.3 is 0 Å². The maximum absolute atomic E-state index is 13.2. The highest BCUT2D eigenvalue weighted by Gasteiger charge is 2.12. The molecule has 1 aliphatic heterocycles. The highest BCUT2D eigenvalue weighted by Crippen LogP contribution is 2.33. The predicted octanol–water partition coefficient (Wildman–Crippen LogP) is 3.16. The molecule has 14 heavy (non-hydrogen) atoms. The number of fused-ring (bicyclic) bond motifs is 1. The summed E-state index contributed by atoms with van der Waals surface area (Å²) in [6, 6.07) is 5.06. The average molecular weight is 306 g/mol. The lowest BCUT2D eigenvalue weighted by Crippen LogP contribution is -2.15. The molecule has 0 radical (unpaired) electrons. The fraction of sp³-hybridized carbons (Fsp3) is 0.200. The van der Waals surface area contributed by atoms with Gasteiger partial charge in [-0.2, -0.15) is 0 Å². The molecule has 2 nitrogen and oxygen atoms in total. The summed E-state index contributed by atoms with van der Waals surface area (Å²) >= 11 is 1.86. The van der Waals surface area contributed by atoms with Crippen LogP contribution in [-0.2, 0) is 0 Å². The van der Waals surface area contributed by atoms with Crippen molar-refractivity contribution in [2.24, 2.45) is 0 Å². The van der Waals surface area contributed by atoms with Gasteiger partial charge in [0, 0.05) is 9.65 Å². The topological polar surface area (TPSA) is 18.5 Å². The molecule has 0 atom stereocenters. The van der Waals surface area contributed by atoms with Crippen molar-refractivity contribution in [1.82, 2.24) is 0 Å². The number of halogens is 2. The largest absolute Gasteiger partial charge is 0.486 e. The minimum Gasteiger partial charge on any atom is -0.486 e. The Labute approximate surface area is 94.9 Å². The molecule has 74 valence electrons. The highest BCUT2D eigenvalue weighted by atomic mass is 127. The fourth-order valence-electron chi connectivity index (χ4n) is 1.25. The number of ether oxygens (including phenoxy) is 2. The van der Waals surface area contributed by atoms with Gasteiger partial charge in [-0.05, 0) is 40.8 Å². The van der Waals surface area contributed by atoms with Crippen LogP contribution in [0.5, 0.6) is 11.5 Å². The number of benzene rings is 1. The normalized spacial score (nSPS) is 15.4. The van der Waals surface area contributed by atoms with E-state index < -0.39 is 0 Å². The molecule has 2 rings (SSSR count). The van der Waals surface area contributed by atoms with Crippen molar-refractivity contribution < 1.29 is 13.9 Å². The Morgan fingerprint density at radius 3 is 2.71 bits per heavy atom. The molecular weight excluding hydrogens is 298 g/mol. The van der Waals surface area contributed by atoms with Gasteiger partial charge in [0.1, 0.15) is 19.0 Å². The zero-order chi connectivity index (χ0) is 9.97. The molecular formula is C10H8FIO2. The first kappa shape index (κ1) is 9.76. The summed E-state index contributed by atoms with van der Waals surface area (Å²) in [6.45, 7) is 1.07. The van der Waals surface area contributed by atoms with Gasteiger partial charge in [-0.1, -0.05) is 0 Å². The molecule has 1 aliphatic rings. The van der Waals surface area contributed by atoms with E-state index in [1.807, 2.05) is 22.6 Å². The standard InChI is InChI=1S/C10H8FIO2/c11-8(6-12)7-1-2-9-10(5-7)14-4-3-13-9/h1-2,5-6H,3-4H2/b8-6-. The summed E-state index contributed by atoms with van der Waals surface area (Å²) in [4.78, 5) is 0. The SMILES string of the molecule is F/C(=C\I)c1ccc2c(c1)OCCO2. The molecule has 0 aromatic heterocycles. The maximum atomic E-state index is 13.2. The van der Waals surface area contributed by atoms with E-state index in [9.17, 15) is 4.39 Å². The van der Waals surface area contributed by atoms with Gasteiger partial charge in [0.15, 0.2) is 11.5 Å². The third kappa shape index (κ3) is 1.84. The van der Waals surface area contributed by atoms with Crippen molar-refractivity contribution >= 4 is 28.4 Å². The lowest BCUT2D eigenvalue weighted by atomic mass is 10.2. The number of hydrogen-bond acceptors (Lipinski definition) is 2. The maximum Gasteiger partial charge on any atom is 0.162 e. The quantitative estimate of drug-likeness (QED) is 0.742. The van der Waals surface area contributed by atoms with Crippen LogP contribution in [0.3, 0.4) is 0 Å². The van der Waals surface area contributed by atoms with Crippen LogP contribution in [-0.4, -0.2) is 13.2 Å². The fourth-order valence-corrected chi connectivity index (χ4v) is 1.61. The number of rotatable bonds is 1. The zero-order valence-corrected chi connectivity index (χ0v) is 9.45.